The van der Waals surface area contributed by atoms with Crippen LogP contribution in [-0.4, -0.2) is 46.9 Å². The van der Waals surface area contributed by atoms with Crippen LogP contribution in [0.5, 0.6) is 0 Å². The van der Waals surface area contributed by atoms with E-state index in [9.17, 15) is 9.59 Å². The maximum absolute atomic E-state index is 13.1. The summed E-state index contributed by atoms with van der Waals surface area (Å²) in [4.78, 5) is 33.2. The van der Waals surface area contributed by atoms with Gasteiger partial charge in [-0.3, -0.25) is 14.5 Å². The molecule has 2 aromatic carbocycles. The van der Waals surface area contributed by atoms with Crippen LogP contribution < -0.4 is 5.56 Å². The predicted molar refractivity (Wildman–Crippen MR) is 131 cm³/mol. The number of amides is 1. The lowest BCUT2D eigenvalue weighted by Gasteiger charge is -2.39. The number of carbonyl (C=O) groups is 1. The third kappa shape index (κ3) is 4.64. The van der Waals surface area contributed by atoms with Crippen LogP contribution in [0.15, 0.2) is 71.5 Å². The molecule has 3 aromatic rings. The van der Waals surface area contributed by atoms with Crippen molar-refractivity contribution in [1.29, 1.82) is 0 Å². The largest absolute Gasteiger partial charge is 0.338 e. The SMILES string of the molecule is Cc1cccc(-c2ccc(C(=O)N3CCC4(CCN(Cc5ccccc5)C4)CC3)c(=O)[nH]2)c1. The third-order valence-corrected chi connectivity index (χ3v) is 7.35. The van der Waals surface area contributed by atoms with E-state index in [1.165, 1.54) is 12.0 Å². The van der Waals surface area contributed by atoms with Gasteiger partial charge in [0.15, 0.2) is 0 Å². The fourth-order valence-electron chi connectivity index (χ4n) is 5.39. The van der Waals surface area contributed by atoms with E-state index in [1.54, 1.807) is 6.07 Å². The Balaban J connectivity index is 1.22. The van der Waals surface area contributed by atoms with E-state index in [1.807, 2.05) is 42.2 Å². The Morgan fingerprint density at radius 2 is 1.70 bits per heavy atom. The van der Waals surface area contributed by atoms with Crippen molar-refractivity contribution in [3.05, 3.63) is 93.8 Å². The van der Waals surface area contributed by atoms with E-state index in [2.05, 4.69) is 40.2 Å². The molecule has 5 nitrogen and oxygen atoms in total. The van der Waals surface area contributed by atoms with E-state index < -0.39 is 0 Å². The van der Waals surface area contributed by atoms with Crippen LogP contribution in [0.25, 0.3) is 11.3 Å². The molecule has 0 radical (unpaired) electrons. The van der Waals surface area contributed by atoms with E-state index in [4.69, 9.17) is 0 Å². The molecule has 2 aliphatic rings. The highest BCUT2D eigenvalue weighted by Crippen LogP contribution is 2.41. The number of benzene rings is 2. The van der Waals surface area contributed by atoms with Gasteiger partial charge in [0, 0.05) is 31.9 Å². The average Bonchev–Trinajstić information content (AvgIpc) is 3.21. The molecule has 1 aromatic heterocycles. The number of aromatic nitrogens is 1. The van der Waals surface area contributed by atoms with Gasteiger partial charge < -0.3 is 9.88 Å². The molecule has 1 spiro atoms. The fourth-order valence-corrected chi connectivity index (χ4v) is 5.39. The molecule has 0 atom stereocenters. The van der Waals surface area contributed by atoms with Gasteiger partial charge in [0.05, 0.1) is 0 Å². The van der Waals surface area contributed by atoms with Gasteiger partial charge in [-0.25, -0.2) is 0 Å². The predicted octanol–water partition coefficient (Wildman–Crippen LogP) is 4.48. The number of H-pyrrole nitrogens is 1. The standard InChI is InChI=1S/C28H31N3O2/c1-21-6-5-9-23(18-21)25-11-10-24(26(32)29-25)27(33)31-16-13-28(14-17-31)12-15-30(20-28)19-22-7-3-2-4-8-22/h2-11,18H,12-17,19-20H2,1H3,(H,29,32). The number of rotatable bonds is 4. The fraction of sp³-hybridized carbons (Fsp3) is 0.357. The summed E-state index contributed by atoms with van der Waals surface area (Å²) in [5, 5.41) is 0. The smallest absolute Gasteiger partial charge is 0.261 e. The summed E-state index contributed by atoms with van der Waals surface area (Å²) in [6.45, 7) is 6.66. The van der Waals surface area contributed by atoms with Gasteiger partial charge >= 0.3 is 0 Å². The summed E-state index contributed by atoms with van der Waals surface area (Å²) >= 11 is 0. The maximum atomic E-state index is 13.1. The van der Waals surface area contributed by atoms with Gasteiger partial charge in [0.2, 0.25) is 0 Å². The molecule has 2 aliphatic heterocycles. The Morgan fingerprint density at radius 3 is 2.42 bits per heavy atom. The van der Waals surface area contributed by atoms with Crippen molar-refractivity contribution in [3.8, 4) is 11.3 Å². The van der Waals surface area contributed by atoms with Crippen molar-refractivity contribution in [2.45, 2.75) is 32.7 Å². The monoisotopic (exact) mass is 441 g/mol. The minimum Gasteiger partial charge on any atom is -0.338 e. The topological polar surface area (TPSA) is 56.4 Å². The molecule has 33 heavy (non-hydrogen) atoms. The van der Waals surface area contributed by atoms with Gasteiger partial charge in [0.1, 0.15) is 5.56 Å². The number of hydrogen-bond acceptors (Lipinski definition) is 3. The Hall–Kier alpha value is -3.18. The lowest BCUT2D eigenvalue weighted by atomic mass is 9.77. The highest BCUT2D eigenvalue weighted by Gasteiger charge is 2.41. The second-order valence-corrected chi connectivity index (χ2v) is 9.72. The molecule has 5 rings (SSSR count). The molecule has 3 heterocycles. The molecule has 5 heteroatoms. The normalized spacial score (nSPS) is 18.0. The average molecular weight is 442 g/mol. The first-order valence-electron chi connectivity index (χ1n) is 11.9. The second-order valence-electron chi connectivity index (χ2n) is 9.72. The minimum atomic E-state index is -0.311. The summed E-state index contributed by atoms with van der Waals surface area (Å²) in [7, 11) is 0. The number of aryl methyl sites for hydroxylation is 1. The lowest BCUT2D eigenvalue weighted by Crippen LogP contribution is -2.45. The van der Waals surface area contributed by atoms with E-state index in [-0.39, 0.29) is 17.0 Å². The molecule has 0 aliphatic carbocycles. The van der Waals surface area contributed by atoms with Crippen LogP contribution in [0, 0.1) is 12.3 Å². The first kappa shape index (κ1) is 21.7. The summed E-state index contributed by atoms with van der Waals surface area (Å²) < 4.78 is 0. The first-order chi connectivity index (χ1) is 16.0. The molecule has 1 N–H and O–H groups in total. The van der Waals surface area contributed by atoms with Gasteiger partial charge in [0.25, 0.3) is 11.5 Å². The Labute approximate surface area is 195 Å². The number of piperidine rings is 1. The minimum absolute atomic E-state index is 0.152. The number of pyridine rings is 1. The third-order valence-electron chi connectivity index (χ3n) is 7.35. The van der Waals surface area contributed by atoms with Crippen LogP contribution in [0.1, 0.15) is 40.7 Å². The number of carbonyl (C=O) groups excluding carboxylic acids is 1. The number of nitrogens with one attached hydrogen (secondary N) is 1. The summed E-state index contributed by atoms with van der Waals surface area (Å²) in [6, 6.07) is 22.1. The van der Waals surface area contributed by atoms with E-state index in [0.29, 0.717) is 5.41 Å². The van der Waals surface area contributed by atoms with Crippen LogP contribution >= 0.6 is 0 Å². The van der Waals surface area contributed by atoms with Crippen molar-refractivity contribution in [2.75, 3.05) is 26.2 Å². The van der Waals surface area contributed by atoms with Crippen LogP contribution in [-0.2, 0) is 6.54 Å². The zero-order chi connectivity index (χ0) is 22.8. The molecule has 170 valence electrons. The van der Waals surface area contributed by atoms with Crippen molar-refractivity contribution in [2.24, 2.45) is 5.41 Å². The first-order valence-corrected chi connectivity index (χ1v) is 11.9. The Kier molecular flexibility index (Phi) is 5.90. The number of likely N-dealkylation sites (tertiary alicyclic amines) is 2. The molecular formula is C28H31N3O2. The van der Waals surface area contributed by atoms with Crippen molar-refractivity contribution in [3.63, 3.8) is 0 Å². The number of hydrogen-bond donors (Lipinski definition) is 1. The summed E-state index contributed by atoms with van der Waals surface area (Å²) in [5.41, 5.74) is 4.40. The van der Waals surface area contributed by atoms with E-state index >= 15 is 0 Å². The number of aromatic amines is 1. The van der Waals surface area contributed by atoms with Gasteiger partial charge in [-0.15, -0.1) is 0 Å². The molecule has 2 fully saturated rings. The molecule has 0 saturated carbocycles. The summed E-state index contributed by atoms with van der Waals surface area (Å²) in [6.07, 6.45) is 3.19. The van der Waals surface area contributed by atoms with Crippen molar-refractivity contribution >= 4 is 5.91 Å². The zero-order valence-electron chi connectivity index (χ0n) is 19.2. The summed E-state index contributed by atoms with van der Waals surface area (Å²) in [5.74, 6) is -0.152. The second kappa shape index (κ2) is 8.99. The van der Waals surface area contributed by atoms with E-state index in [0.717, 1.165) is 62.4 Å². The molecule has 2 saturated heterocycles. The highest BCUT2D eigenvalue weighted by molar-refractivity contribution is 5.94. The molecule has 0 bridgehead atoms. The zero-order valence-corrected chi connectivity index (χ0v) is 19.2. The van der Waals surface area contributed by atoms with Gasteiger partial charge in [-0.2, -0.15) is 0 Å². The Bertz CT molecular complexity index is 1190. The Morgan fingerprint density at radius 1 is 0.939 bits per heavy atom. The van der Waals surface area contributed by atoms with Gasteiger partial charge in [-0.1, -0.05) is 54.1 Å². The quantitative estimate of drug-likeness (QED) is 0.650. The van der Waals surface area contributed by atoms with Crippen LogP contribution in [0.2, 0.25) is 0 Å². The molecule has 0 unspecified atom stereocenters. The molecule has 1 amide bonds. The lowest BCUT2D eigenvalue weighted by molar-refractivity contribution is 0.0586. The van der Waals surface area contributed by atoms with Crippen LogP contribution in [0.4, 0.5) is 0 Å². The maximum Gasteiger partial charge on any atom is 0.261 e. The van der Waals surface area contributed by atoms with Gasteiger partial charge in [-0.05, 0) is 67.5 Å². The highest BCUT2D eigenvalue weighted by atomic mass is 16.2. The number of nitrogens with zero attached hydrogens (tertiary/aromatic N) is 2. The van der Waals surface area contributed by atoms with Crippen molar-refractivity contribution in [1.82, 2.24) is 14.8 Å². The molecular weight excluding hydrogens is 410 g/mol. The van der Waals surface area contributed by atoms with Crippen LogP contribution in [0.3, 0.4) is 0 Å². The van der Waals surface area contributed by atoms with Crippen molar-refractivity contribution < 1.29 is 4.79 Å².